The number of ether oxygens (including phenoxy) is 1. The Labute approximate surface area is 483 Å². The van der Waals surface area contributed by atoms with Crippen LogP contribution in [0.15, 0.2) is 72.9 Å². The van der Waals surface area contributed by atoms with Gasteiger partial charge in [0, 0.05) is 12.8 Å². The van der Waals surface area contributed by atoms with Crippen LogP contribution in [0.5, 0.6) is 0 Å². The summed E-state index contributed by atoms with van der Waals surface area (Å²) in [7, 11) is 1.18. The van der Waals surface area contributed by atoms with Crippen LogP contribution in [0.25, 0.3) is 0 Å². The van der Waals surface area contributed by atoms with Crippen molar-refractivity contribution in [2.24, 2.45) is 0 Å². The van der Waals surface area contributed by atoms with Gasteiger partial charge in [-0.15, -0.1) is 0 Å². The van der Waals surface area contributed by atoms with Crippen molar-refractivity contribution in [1.29, 1.82) is 0 Å². The predicted molar refractivity (Wildman–Crippen MR) is 335 cm³/mol. The van der Waals surface area contributed by atoms with E-state index >= 15 is 0 Å². The molecule has 0 saturated heterocycles. The lowest BCUT2D eigenvalue weighted by Crippen LogP contribution is -2.47. The minimum atomic E-state index is -4.70. The van der Waals surface area contributed by atoms with Gasteiger partial charge in [0.1, 0.15) is 19.3 Å². The van der Waals surface area contributed by atoms with Gasteiger partial charge in [-0.1, -0.05) is 280 Å². The third kappa shape index (κ3) is 58.1. The lowest BCUT2D eigenvalue weighted by atomic mass is 10.0. The largest absolute Gasteiger partial charge is 0.756 e. The zero-order valence-electron chi connectivity index (χ0n) is 51.9. The third-order valence-electron chi connectivity index (χ3n) is 14.4. The van der Waals surface area contributed by atoms with Crippen LogP contribution in [0.1, 0.15) is 297 Å². The van der Waals surface area contributed by atoms with Crippen LogP contribution in [0, 0.1) is 0 Å². The van der Waals surface area contributed by atoms with Crippen LogP contribution in [-0.2, 0) is 27.9 Å². The van der Waals surface area contributed by atoms with Gasteiger partial charge in [-0.3, -0.25) is 14.2 Å². The van der Waals surface area contributed by atoms with Crippen molar-refractivity contribution < 1.29 is 37.3 Å². The molecule has 0 fully saturated rings. The van der Waals surface area contributed by atoms with Crippen molar-refractivity contribution in [3.05, 3.63) is 72.9 Å². The van der Waals surface area contributed by atoms with Crippen molar-refractivity contribution in [2.45, 2.75) is 309 Å². The second kappa shape index (κ2) is 57.7. The smallest absolute Gasteiger partial charge is 0.306 e. The number of quaternary nitrogens is 1. The molecule has 0 aliphatic carbocycles. The highest BCUT2D eigenvalue weighted by molar-refractivity contribution is 7.45. The van der Waals surface area contributed by atoms with Gasteiger partial charge in [-0.25, -0.2) is 0 Å². The molecule has 1 amide bonds. The average Bonchev–Trinajstić information content (AvgIpc) is 3.40. The third-order valence-corrected chi connectivity index (χ3v) is 15.4. The Bertz CT molecular complexity index is 1570. The molecule has 78 heavy (non-hydrogen) atoms. The number of phosphoric acid groups is 1. The standard InChI is InChI=1S/C68H125N2O7P/c1-7-10-13-16-19-22-25-28-30-32-33-34-35-36-37-38-40-43-46-49-52-55-58-61-68(72)77-66(59-56-53-50-47-44-41-27-24-21-18-15-12-9-3)65(64-76-78(73,74)75-63-62-70(4,5)6)69-67(71)60-57-54-51-48-45-42-39-31-29-26-23-20-17-14-11-8-2/h10,13,19,22,28,30,33-34,36-37,56,59,65-66H,7-9,11-12,14-18,20-21,23-27,29,31-32,35,38-55,57-58,60-64H2,1-6H3,(H-,69,71,73,74)/b13-10-,22-19-,30-28-,34-33-,37-36-,59-56+. The Morgan fingerprint density at radius 1 is 0.462 bits per heavy atom. The van der Waals surface area contributed by atoms with E-state index in [1.54, 1.807) is 0 Å². The monoisotopic (exact) mass is 1110 g/mol. The molecule has 0 aromatic carbocycles. The molecular formula is C68H125N2O7P. The minimum absolute atomic E-state index is 0.0249. The van der Waals surface area contributed by atoms with E-state index < -0.39 is 26.6 Å². The first-order valence-corrected chi connectivity index (χ1v) is 34.2. The molecule has 3 atom stereocenters. The summed E-state index contributed by atoms with van der Waals surface area (Å²) in [5.41, 5.74) is 0. The van der Waals surface area contributed by atoms with Crippen molar-refractivity contribution in [3.8, 4) is 0 Å². The van der Waals surface area contributed by atoms with Gasteiger partial charge in [0.15, 0.2) is 0 Å². The summed E-state index contributed by atoms with van der Waals surface area (Å²) in [6.45, 7) is 6.75. The van der Waals surface area contributed by atoms with Gasteiger partial charge in [0.25, 0.3) is 7.82 Å². The number of hydrogen-bond acceptors (Lipinski definition) is 7. The summed E-state index contributed by atoms with van der Waals surface area (Å²) in [6.07, 6.45) is 74.3. The number of amides is 1. The maximum atomic E-state index is 13.5. The molecule has 3 unspecified atom stereocenters. The maximum absolute atomic E-state index is 13.5. The van der Waals surface area contributed by atoms with Crippen LogP contribution < -0.4 is 10.2 Å². The number of likely N-dealkylation sites (N-methyl/N-ethyl adjacent to an activating group) is 1. The normalized spacial score (nSPS) is 14.1. The van der Waals surface area contributed by atoms with Gasteiger partial charge < -0.3 is 28.5 Å². The second-order valence-electron chi connectivity index (χ2n) is 23.2. The van der Waals surface area contributed by atoms with E-state index in [0.717, 1.165) is 103 Å². The van der Waals surface area contributed by atoms with Crippen molar-refractivity contribution in [2.75, 3.05) is 40.9 Å². The Balaban J connectivity index is 5.22. The number of hydrogen-bond donors (Lipinski definition) is 1. The fourth-order valence-electron chi connectivity index (χ4n) is 9.37. The number of carbonyl (C=O) groups excluding carboxylic acids is 2. The highest BCUT2D eigenvalue weighted by Gasteiger charge is 2.27. The summed E-state index contributed by atoms with van der Waals surface area (Å²) in [6, 6.07) is -0.894. The van der Waals surface area contributed by atoms with E-state index in [9.17, 15) is 19.0 Å². The van der Waals surface area contributed by atoms with Crippen molar-refractivity contribution in [3.63, 3.8) is 0 Å². The number of phosphoric ester groups is 1. The first-order chi connectivity index (χ1) is 37.9. The molecule has 454 valence electrons. The fourth-order valence-corrected chi connectivity index (χ4v) is 10.1. The summed E-state index contributed by atoms with van der Waals surface area (Å²) >= 11 is 0. The molecule has 0 radical (unpaired) electrons. The van der Waals surface area contributed by atoms with E-state index in [0.29, 0.717) is 17.4 Å². The molecule has 0 aliphatic heterocycles. The molecule has 9 nitrogen and oxygen atoms in total. The SMILES string of the molecule is CC/C=C\C/C=C\C/C=C\C/C=C\C/C=C\CCCCCCCCCC(=O)OC(/C=C/CCCCCCCCCCCCC)C(COP(=O)([O-])OCC[N+](C)(C)C)NC(=O)CCCCCCCCCCCCCCCCCC. The van der Waals surface area contributed by atoms with Crippen molar-refractivity contribution >= 4 is 19.7 Å². The maximum Gasteiger partial charge on any atom is 0.306 e. The van der Waals surface area contributed by atoms with Crippen LogP contribution in [0.3, 0.4) is 0 Å². The Hall–Kier alpha value is -2.55. The number of rotatable bonds is 59. The topological polar surface area (TPSA) is 114 Å². The molecular weight excluding hydrogens is 988 g/mol. The van der Waals surface area contributed by atoms with E-state index in [1.165, 1.54) is 161 Å². The highest BCUT2D eigenvalue weighted by Crippen LogP contribution is 2.38. The van der Waals surface area contributed by atoms with Crippen LogP contribution in [-0.4, -0.2) is 69.4 Å². The highest BCUT2D eigenvalue weighted by atomic mass is 31.2. The fraction of sp³-hybridized carbons (Fsp3) is 0.794. The number of nitrogens with zero attached hydrogens (tertiary/aromatic N) is 1. The van der Waals surface area contributed by atoms with E-state index in [-0.39, 0.29) is 24.9 Å². The van der Waals surface area contributed by atoms with Crippen molar-refractivity contribution in [1.82, 2.24) is 5.32 Å². The molecule has 10 heteroatoms. The number of nitrogens with one attached hydrogen (secondary N) is 1. The number of unbranched alkanes of at least 4 members (excludes halogenated alkanes) is 33. The van der Waals surface area contributed by atoms with E-state index in [1.807, 2.05) is 33.3 Å². The summed E-state index contributed by atoms with van der Waals surface area (Å²) in [4.78, 5) is 40.1. The number of allylic oxidation sites excluding steroid dienone is 11. The first kappa shape index (κ1) is 75.5. The molecule has 0 aliphatic rings. The number of esters is 1. The number of carbonyl (C=O) groups is 2. The zero-order valence-corrected chi connectivity index (χ0v) is 52.8. The minimum Gasteiger partial charge on any atom is -0.756 e. The Morgan fingerprint density at radius 2 is 0.821 bits per heavy atom. The quantitative estimate of drug-likeness (QED) is 0.0212. The van der Waals surface area contributed by atoms with Crippen LogP contribution in [0.2, 0.25) is 0 Å². The van der Waals surface area contributed by atoms with Gasteiger partial charge in [0.2, 0.25) is 5.91 Å². The van der Waals surface area contributed by atoms with Gasteiger partial charge in [-0.05, 0) is 76.7 Å². The average molecular weight is 1110 g/mol. The molecule has 0 heterocycles. The Kier molecular flexibility index (Phi) is 55.8. The first-order valence-electron chi connectivity index (χ1n) is 32.7. The molecule has 0 spiro atoms. The predicted octanol–water partition coefficient (Wildman–Crippen LogP) is 19.8. The van der Waals surface area contributed by atoms with E-state index in [2.05, 4.69) is 86.8 Å². The van der Waals surface area contributed by atoms with Gasteiger partial charge >= 0.3 is 5.97 Å². The molecule has 0 bridgehead atoms. The van der Waals surface area contributed by atoms with E-state index in [4.69, 9.17) is 13.8 Å². The summed E-state index contributed by atoms with van der Waals surface area (Å²) in [5.74, 6) is -0.545. The Morgan fingerprint density at radius 3 is 1.23 bits per heavy atom. The molecule has 1 N–H and O–H groups in total. The molecule has 0 rings (SSSR count). The molecule has 0 saturated carbocycles. The molecule has 0 aromatic rings. The summed E-state index contributed by atoms with van der Waals surface area (Å²) in [5, 5.41) is 3.04. The zero-order chi connectivity index (χ0) is 57.2. The van der Waals surface area contributed by atoms with Gasteiger partial charge in [0.05, 0.1) is 33.8 Å². The summed E-state index contributed by atoms with van der Waals surface area (Å²) < 4.78 is 30.4. The van der Waals surface area contributed by atoms with Gasteiger partial charge in [-0.2, -0.15) is 0 Å². The lowest BCUT2D eigenvalue weighted by molar-refractivity contribution is -0.870. The second-order valence-corrected chi connectivity index (χ2v) is 24.7. The van der Waals surface area contributed by atoms with Crippen LogP contribution >= 0.6 is 7.82 Å². The lowest BCUT2D eigenvalue weighted by Gasteiger charge is -2.30. The van der Waals surface area contributed by atoms with Crippen LogP contribution in [0.4, 0.5) is 0 Å². The molecule has 0 aromatic heterocycles.